The summed E-state index contributed by atoms with van der Waals surface area (Å²) in [5.74, 6) is 0.507. The lowest BCUT2D eigenvalue weighted by Crippen LogP contribution is -2.01. The molecule has 0 spiro atoms. The number of methoxy groups -OCH3 is 1. The molecule has 0 amide bonds. The van der Waals surface area contributed by atoms with E-state index in [0.717, 1.165) is 22.2 Å². The number of allylic oxidation sites excluding steroid dienone is 1. The van der Waals surface area contributed by atoms with Gasteiger partial charge >= 0.3 is 5.97 Å². The third-order valence-electron chi connectivity index (χ3n) is 4.83. The third-order valence-corrected chi connectivity index (χ3v) is 4.83. The zero-order valence-corrected chi connectivity index (χ0v) is 17.2. The number of hydrogen-bond donors (Lipinski definition) is 2. The number of aromatic amines is 1. The number of imidazole rings is 1. The molecule has 2 N–H and O–H groups in total. The standard InChI is InChI=1S/C25H19N3O4/c1-31-23-13-16(11-19(14-26)24-27-20-7-2-3-8-21(20)28-24)9-10-22(23)32-15-17-5-4-6-18(12-17)25(29)30/h2-13H,15H2,1H3,(H,27,28)(H,29,30)/b19-11-. The van der Waals surface area contributed by atoms with Crippen molar-refractivity contribution < 1.29 is 19.4 Å². The number of benzene rings is 3. The summed E-state index contributed by atoms with van der Waals surface area (Å²) in [7, 11) is 1.53. The highest BCUT2D eigenvalue weighted by Crippen LogP contribution is 2.30. The van der Waals surface area contributed by atoms with E-state index in [4.69, 9.17) is 14.6 Å². The Bertz CT molecular complexity index is 1330. The van der Waals surface area contributed by atoms with Crippen molar-refractivity contribution in [3.63, 3.8) is 0 Å². The van der Waals surface area contributed by atoms with Crippen LogP contribution in [-0.2, 0) is 6.61 Å². The van der Waals surface area contributed by atoms with Gasteiger partial charge in [0.05, 0.1) is 29.3 Å². The number of carboxylic acids is 1. The van der Waals surface area contributed by atoms with Crippen LogP contribution in [0, 0.1) is 11.3 Å². The van der Waals surface area contributed by atoms with Crippen molar-refractivity contribution in [2.45, 2.75) is 6.61 Å². The minimum absolute atomic E-state index is 0.190. The first-order chi connectivity index (χ1) is 15.6. The average Bonchev–Trinajstić information content (AvgIpc) is 3.25. The quantitative estimate of drug-likeness (QED) is 0.407. The van der Waals surface area contributed by atoms with Gasteiger partial charge in [-0.2, -0.15) is 5.26 Å². The molecular weight excluding hydrogens is 406 g/mol. The number of carbonyl (C=O) groups is 1. The Kier molecular flexibility index (Phi) is 5.86. The van der Waals surface area contributed by atoms with E-state index in [0.29, 0.717) is 22.9 Å². The van der Waals surface area contributed by atoms with Crippen molar-refractivity contribution in [2.75, 3.05) is 7.11 Å². The average molecular weight is 425 g/mol. The monoisotopic (exact) mass is 425 g/mol. The fraction of sp³-hybridized carbons (Fsp3) is 0.0800. The number of nitriles is 1. The molecule has 0 aliphatic rings. The van der Waals surface area contributed by atoms with Gasteiger partial charge in [0, 0.05) is 0 Å². The SMILES string of the molecule is COc1cc(/C=C(/C#N)c2nc3ccccc3[nH]2)ccc1OCc1cccc(C(=O)O)c1. The molecule has 0 aliphatic carbocycles. The Morgan fingerprint density at radius 1 is 1.12 bits per heavy atom. The number of H-pyrrole nitrogens is 1. The zero-order chi connectivity index (χ0) is 22.5. The number of aromatic nitrogens is 2. The summed E-state index contributed by atoms with van der Waals surface area (Å²) in [6.45, 7) is 0.190. The summed E-state index contributed by atoms with van der Waals surface area (Å²) in [4.78, 5) is 18.8. The number of nitrogens with one attached hydrogen (secondary N) is 1. The van der Waals surface area contributed by atoms with Crippen LogP contribution in [0.1, 0.15) is 27.3 Å². The van der Waals surface area contributed by atoms with E-state index in [-0.39, 0.29) is 12.2 Å². The van der Waals surface area contributed by atoms with Crippen molar-refractivity contribution >= 4 is 28.7 Å². The van der Waals surface area contributed by atoms with E-state index in [1.807, 2.05) is 30.3 Å². The van der Waals surface area contributed by atoms with Crippen LogP contribution in [0.15, 0.2) is 66.7 Å². The van der Waals surface area contributed by atoms with Crippen LogP contribution in [0.5, 0.6) is 11.5 Å². The Morgan fingerprint density at radius 2 is 1.97 bits per heavy atom. The molecule has 0 atom stereocenters. The maximum Gasteiger partial charge on any atom is 0.335 e. The molecule has 4 aromatic rings. The lowest BCUT2D eigenvalue weighted by atomic mass is 10.1. The lowest BCUT2D eigenvalue weighted by Gasteiger charge is -2.12. The van der Waals surface area contributed by atoms with Crippen LogP contribution < -0.4 is 9.47 Å². The maximum atomic E-state index is 11.1. The molecule has 158 valence electrons. The number of nitrogens with zero attached hydrogens (tertiary/aromatic N) is 2. The highest BCUT2D eigenvalue weighted by molar-refractivity contribution is 5.90. The second-order valence-electron chi connectivity index (χ2n) is 6.98. The molecule has 0 aliphatic heterocycles. The lowest BCUT2D eigenvalue weighted by molar-refractivity contribution is 0.0696. The predicted molar refractivity (Wildman–Crippen MR) is 120 cm³/mol. The predicted octanol–water partition coefficient (Wildman–Crippen LogP) is 4.91. The molecule has 32 heavy (non-hydrogen) atoms. The number of carboxylic acid groups (broad SMARTS) is 1. The van der Waals surface area contributed by atoms with Gasteiger partial charge in [0.15, 0.2) is 11.5 Å². The van der Waals surface area contributed by atoms with Crippen LogP contribution in [0.3, 0.4) is 0 Å². The first-order valence-electron chi connectivity index (χ1n) is 9.77. The maximum absolute atomic E-state index is 11.1. The van der Waals surface area contributed by atoms with Crippen LogP contribution >= 0.6 is 0 Å². The first kappa shape index (κ1) is 20.7. The first-order valence-corrected chi connectivity index (χ1v) is 9.77. The molecule has 7 heteroatoms. The fourth-order valence-corrected chi connectivity index (χ4v) is 3.25. The second kappa shape index (κ2) is 9.06. The summed E-state index contributed by atoms with van der Waals surface area (Å²) >= 11 is 0. The van der Waals surface area contributed by atoms with Gasteiger partial charge in [-0.1, -0.05) is 30.3 Å². The van der Waals surface area contributed by atoms with Crippen molar-refractivity contribution in [1.82, 2.24) is 9.97 Å². The number of hydrogen-bond acceptors (Lipinski definition) is 5. The number of ether oxygens (including phenoxy) is 2. The minimum Gasteiger partial charge on any atom is -0.493 e. The van der Waals surface area contributed by atoms with Gasteiger partial charge in [-0.3, -0.25) is 0 Å². The Morgan fingerprint density at radius 3 is 2.72 bits per heavy atom. The smallest absolute Gasteiger partial charge is 0.335 e. The highest BCUT2D eigenvalue weighted by atomic mass is 16.5. The van der Waals surface area contributed by atoms with E-state index >= 15 is 0 Å². The Labute approximate surface area is 184 Å². The Balaban J connectivity index is 1.56. The largest absolute Gasteiger partial charge is 0.493 e. The molecule has 0 radical (unpaired) electrons. The number of aromatic carboxylic acids is 1. The topological polar surface area (TPSA) is 108 Å². The van der Waals surface area contributed by atoms with E-state index < -0.39 is 5.97 Å². The van der Waals surface area contributed by atoms with Crippen molar-refractivity contribution in [1.29, 1.82) is 5.26 Å². The summed E-state index contributed by atoms with van der Waals surface area (Å²) in [6, 6.07) is 21.7. The molecule has 0 saturated heterocycles. The molecular formula is C25H19N3O4. The zero-order valence-electron chi connectivity index (χ0n) is 17.2. The van der Waals surface area contributed by atoms with Crippen molar-refractivity contribution in [3.05, 3.63) is 89.2 Å². The van der Waals surface area contributed by atoms with Gasteiger partial charge in [-0.25, -0.2) is 9.78 Å². The summed E-state index contributed by atoms with van der Waals surface area (Å²) in [5.41, 5.74) is 3.72. The van der Waals surface area contributed by atoms with Crippen molar-refractivity contribution in [2.24, 2.45) is 0 Å². The van der Waals surface area contributed by atoms with Gasteiger partial charge in [0.25, 0.3) is 0 Å². The molecule has 3 aromatic carbocycles. The van der Waals surface area contributed by atoms with Gasteiger partial charge in [0.1, 0.15) is 18.5 Å². The number of para-hydroxylation sites is 2. The fourth-order valence-electron chi connectivity index (χ4n) is 3.25. The summed E-state index contributed by atoms with van der Waals surface area (Å²) < 4.78 is 11.3. The Hall–Kier alpha value is -4.57. The molecule has 7 nitrogen and oxygen atoms in total. The minimum atomic E-state index is -0.988. The van der Waals surface area contributed by atoms with E-state index in [9.17, 15) is 10.1 Å². The third kappa shape index (κ3) is 4.45. The molecule has 0 saturated carbocycles. The van der Waals surface area contributed by atoms with Crippen molar-refractivity contribution in [3.8, 4) is 17.6 Å². The summed E-state index contributed by atoms with van der Waals surface area (Å²) in [5, 5.41) is 18.8. The number of fused-ring (bicyclic) bond motifs is 1. The van der Waals surface area contributed by atoms with Gasteiger partial charge in [0.2, 0.25) is 0 Å². The van der Waals surface area contributed by atoms with Crippen LogP contribution in [-0.4, -0.2) is 28.2 Å². The molecule has 0 bridgehead atoms. The number of rotatable bonds is 7. The van der Waals surface area contributed by atoms with Gasteiger partial charge < -0.3 is 19.6 Å². The normalized spacial score (nSPS) is 11.2. The molecule has 0 fully saturated rings. The molecule has 1 heterocycles. The highest BCUT2D eigenvalue weighted by Gasteiger charge is 2.11. The van der Waals surface area contributed by atoms with Crippen LogP contribution in [0.25, 0.3) is 22.7 Å². The molecule has 1 aromatic heterocycles. The molecule has 0 unspecified atom stereocenters. The molecule has 4 rings (SSSR count). The second-order valence-corrected chi connectivity index (χ2v) is 6.98. The van der Waals surface area contributed by atoms with Crippen LogP contribution in [0.4, 0.5) is 0 Å². The van der Waals surface area contributed by atoms with Crippen LogP contribution in [0.2, 0.25) is 0 Å². The van der Waals surface area contributed by atoms with E-state index in [1.165, 1.54) is 13.2 Å². The van der Waals surface area contributed by atoms with Gasteiger partial charge in [-0.15, -0.1) is 0 Å². The van der Waals surface area contributed by atoms with E-state index in [2.05, 4.69) is 16.0 Å². The van der Waals surface area contributed by atoms with E-state index in [1.54, 1.807) is 36.4 Å². The summed E-state index contributed by atoms with van der Waals surface area (Å²) in [6.07, 6.45) is 1.72. The van der Waals surface area contributed by atoms with Gasteiger partial charge in [-0.05, 0) is 53.6 Å².